The second-order valence-electron chi connectivity index (χ2n) is 14.8. The van der Waals surface area contributed by atoms with E-state index in [1.165, 1.54) is 12.8 Å². The standard InChI is InChI=1S/C29H48O4/c1-25(2)13-14-29(33-17-30)12-7-18-24(19(29)16-25)20(31)15-22-27(18,5)10-8-21-26(3,4)23(32)9-11-28(21,22)6/h17-24,31-32H,7-16H2,1-6H3/t18?,19?,20-,21+,22+,23+,24?,27+,28+,29-/m1/s1. The molecule has 188 valence electrons. The molecule has 0 aromatic rings. The number of carbonyl (C=O) groups excluding carboxylic acids is 1. The number of aliphatic hydroxyl groups excluding tert-OH is 2. The Morgan fingerprint density at radius 3 is 2.18 bits per heavy atom. The largest absolute Gasteiger partial charge is 0.461 e. The first-order valence-corrected chi connectivity index (χ1v) is 13.8. The number of hydrogen-bond donors (Lipinski definition) is 2. The average molecular weight is 461 g/mol. The van der Waals surface area contributed by atoms with Crippen LogP contribution in [0.2, 0.25) is 0 Å². The average Bonchev–Trinajstić information content (AvgIpc) is 2.73. The van der Waals surface area contributed by atoms with Crippen LogP contribution in [0.4, 0.5) is 0 Å². The highest BCUT2D eigenvalue weighted by Crippen LogP contribution is 2.72. The fourth-order valence-electron chi connectivity index (χ4n) is 10.9. The van der Waals surface area contributed by atoms with Crippen LogP contribution in [0.25, 0.3) is 0 Å². The molecule has 0 aromatic heterocycles. The highest BCUT2D eigenvalue weighted by Gasteiger charge is 2.68. The second kappa shape index (κ2) is 7.45. The summed E-state index contributed by atoms with van der Waals surface area (Å²) in [6, 6.07) is 0. The lowest BCUT2D eigenvalue weighted by Gasteiger charge is -2.70. The van der Waals surface area contributed by atoms with Gasteiger partial charge in [-0.2, -0.15) is 0 Å². The van der Waals surface area contributed by atoms with Crippen molar-refractivity contribution in [3.05, 3.63) is 0 Å². The maximum absolute atomic E-state index is 11.8. The maximum atomic E-state index is 11.8. The molecule has 5 saturated carbocycles. The van der Waals surface area contributed by atoms with Gasteiger partial charge in [0.05, 0.1) is 12.2 Å². The molecule has 5 rings (SSSR count). The molecule has 4 nitrogen and oxygen atoms in total. The van der Waals surface area contributed by atoms with E-state index in [4.69, 9.17) is 4.74 Å². The van der Waals surface area contributed by atoms with Gasteiger partial charge in [-0.25, -0.2) is 0 Å². The van der Waals surface area contributed by atoms with Crippen LogP contribution in [-0.4, -0.2) is 34.5 Å². The van der Waals surface area contributed by atoms with Crippen LogP contribution in [0.1, 0.15) is 106 Å². The van der Waals surface area contributed by atoms with Gasteiger partial charge in [0.2, 0.25) is 0 Å². The van der Waals surface area contributed by atoms with Gasteiger partial charge in [-0.3, -0.25) is 4.79 Å². The Balaban J connectivity index is 1.52. The molecule has 2 N–H and O–H groups in total. The molecule has 0 aromatic carbocycles. The van der Waals surface area contributed by atoms with E-state index in [-0.39, 0.29) is 51.3 Å². The van der Waals surface area contributed by atoms with Crippen molar-refractivity contribution in [2.24, 2.45) is 51.2 Å². The van der Waals surface area contributed by atoms with Crippen LogP contribution in [0.5, 0.6) is 0 Å². The van der Waals surface area contributed by atoms with Crippen molar-refractivity contribution < 1.29 is 19.7 Å². The van der Waals surface area contributed by atoms with Crippen LogP contribution in [0.3, 0.4) is 0 Å². The van der Waals surface area contributed by atoms with Crippen LogP contribution < -0.4 is 0 Å². The van der Waals surface area contributed by atoms with Crippen LogP contribution in [-0.2, 0) is 9.53 Å². The Morgan fingerprint density at radius 1 is 0.788 bits per heavy atom. The summed E-state index contributed by atoms with van der Waals surface area (Å²) in [5.74, 6) is 1.96. The zero-order valence-electron chi connectivity index (χ0n) is 21.9. The predicted molar refractivity (Wildman–Crippen MR) is 129 cm³/mol. The first kappa shape index (κ1) is 24.1. The van der Waals surface area contributed by atoms with Crippen LogP contribution >= 0.6 is 0 Å². The number of ether oxygens (including phenoxy) is 1. The third-order valence-electron chi connectivity index (χ3n) is 12.6. The lowest BCUT2D eigenvalue weighted by molar-refractivity contribution is -0.256. The van der Waals surface area contributed by atoms with E-state index in [2.05, 4.69) is 41.5 Å². The Kier molecular flexibility index (Phi) is 5.44. The summed E-state index contributed by atoms with van der Waals surface area (Å²) in [7, 11) is 0. The summed E-state index contributed by atoms with van der Waals surface area (Å²) in [5.41, 5.74) is 0.167. The maximum Gasteiger partial charge on any atom is 0.293 e. The number of fused-ring (bicyclic) bond motifs is 7. The summed E-state index contributed by atoms with van der Waals surface area (Å²) in [5, 5.41) is 22.7. The van der Waals surface area contributed by atoms with Crippen LogP contribution in [0.15, 0.2) is 0 Å². The van der Waals surface area contributed by atoms with Gasteiger partial charge >= 0.3 is 0 Å². The predicted octanol–water partition coefficient (Wildman–Crippen LogP) is 5.74. The van der Waals surface area contributed by atoms with E-state index in [9.17, 15) is 15.0 Å². The highest BCUT2D eigenvalue weighted by molar-refractivity contribution is 5.39. The summed E-state index contributed by atoms with van der Waals surface area (Å²) in [6.07, 6.45) is 9.72. The molecule has 0 radical (unpaired) electrons. The number of carbonyl (C=O) groups is 1. The minimum absolute atomic E-state index is 0.0664. The molecule has 5 aliphatic rings. The Hall–Kier alpha value is -0.610. The molecule has 4 heteroatoms. The molecule has 0 saturated heterocycles. The van der Waals surface area contributed by atoms with E-state index >= 15 is 0 Å². The van der Waals surface area contributed by atoms with Gasteiger partial charge in [0.15, 0.2) is 0 Å². The molecule has 33 heavy (non-hydrogen) atoms. The number of aliphatic hydroxyl groups is 2. The lowest BCUT2D eigenvalue weighted by Crippen LogP contribution is -2.67. The summed E-state index contributed by atoms with van der Waals surface area (Å²) in [4.78, 5) is 11.6. The molecule has 5 aliphatic carbocycles. The van der Waals surface area contributed by atoms with E-state index in [1.807, 2.05) is 0 Å². The van der Waals surface area contributed by atoms with E-state index in [1.54, 1.807) is 0 Å². The van der Waals surface area contributed by atoms with Crippen molar-refractivity contribution in [2.45, 2.75) is 124 Å². The SMILES string of the molecule is CC1(C)CC[C@]2(OC=O)CCC3C(C2C1)[C@H](O)C[C@@H]1[C@@]2(C)CC[C@H](O)C(C)(C)[C@@H]2CC[C@@]31C. The van der Waals surface area contributed by atoms with Crippen molar-refractivity contribution in [1.82, 2.24) is 0 Å². The van der Waals surface area contributed by atoms with Crippen molar-refractivity contribution >= 4 is 6.47 Å². The van der Waals surface area contributed by atoms with Crippen molar-refractivity contribution in [1.29, 1.82) is 0 Å². The van der Waals surface area contributed by atoms with Crippen LogP contribution in [0, 0.1) is 51.2 Å². The topological polar surface area (TPSA) is 66.8 Å². The van der Waals surface area contributed by atoms with E-state index in [0.717, 1.165) is 51.4 Å². The molecule has 0 bridgehead atoms. The zero-order valence-corrected chi connectivity index (χ0v) is 21.9. The first-order valence-electron chi connectivity index (χ1n) is 13.8. The highest BCUT2D eigenvalue weighted by atomic mass is 16.5. The normalized spacial score (nSPS) is 54.7. The molecule has 0 spiro atoms. The Labute approximate surface area is 201 Å². The summed E-state index contributed by atoms with van der Waals surface area (Å²) < 4.78 is 5.96. The van der Waals surface area contributed by atoms with Crippen molar-refractivity contribution in [3.8, 4) is 0 Å². The molecular weight excluding hydrogens is 412 g/mol. The Bertz CT molecular complexity index is 790. The first-order chi connectivity index (χ1) is 15.3. The molecule has 5 fully saturated rings. The molecule has 3 unspecified atom stereocenters. The Morgan fingerprint density at radius 2 is 1.48 bits per heavy atom. The molecular formula is C29H48O4. The smallest absolute Gasteiger partial charge is 0.293 e. The quantitative estimate of drug-likeness (QED) is 0.516. The second-order valence-corrected chi connectivity index (χ2v) is 14.8. The van der Waals surface area contributed by atoms with Gasteiger partial charge in [-0.05, 0) is 110 Å². The zero-order chi connectivity index (χ0) is 24.0. The lowest BCUT2D eigenvalue weighted by atomic mass is 9.35. The molecule has 0 heterocycles. The monoisotopic (exact) mass is 460 g/mol. The minimum atomic E-state index is -0.374. The molecule has 10 atom stereocenters. The number of hydrogen-bond acceptors (Lipinski definition) is 4. The summed E-state index contributed by atoms with van der Waals surface area (Å²) >= 11 is 0. The fourth-order valence-corrected chi connectivity index (χ4v) is 10.9. The molecule has 0 amide bonds. The molecule has 0 aliphatic heterocycles. The van der Waals surface area contributed by atoms with Gasteiger partial charge < -0.3 is 14.9 Å². The minimum Gasteiger partial charge on any atom is -0.461 e. The third kappa shape index (κ3) is 3.25. The van der Waals surface area contributed by atoms with E-state index < -0.39 is 0 Å². The summed E-state index contributed by atoms with van der Waals surface area (Å²) in [6.45, 7) is 15.0. The van der Waals surface area contributed by atoms with Gasteiger partial charge in [0.25, 0.3) is 6.47 Å². The van der Waals surface area contributed by atoms with Crippen molar-refractivity contribution in [2.75, 3.05) is 0 Å². The fraction of sp³-hybridized carbons (Fsp3) is 0.966. The van der Waals surface area contributed by atoms with Crippen molar-refractivity contribution in [3.63, 3.8) is 0 Å². The van der Waals surface area contributed by atoms with Gasteiger partial charge in [0.1, 0.15) is 5.60 Å². The van der Waals surface area contributed by atoms with E-state index in [0.29, 0.717) is 24.2 Å². The third-order valence-corrected chi connectivity index (χ3v) is 12.6. The van der Waals surface area contributed by atoms with Gasteiger partial charge in [-0.15, -0.1) is 0 Å². The van der Waals surface area contributed by atoms with Gasteiger partial charge in [0, 0.05) is 5.92 Å². The number of rotatable bonds is 2. The van der Waals surface area contributed by atoms with Gasteiger partial charge in [-0.1, -0.05) is 41.5 Å².